The molecule has 4 nitrogen and oxygen atoms in total. The molecule has 4 N–H and O–H groups in total. The monoisotopic (exact) mass is 258 g/mol. The minimum atomic E-state index is 0.655. The van der Waals surface area contributed by atoms with Gasteiger partial charge >= 0.3 is 0 Å². The zero-order valence-corrected chi connectivity index (χ0v) is 11.5. The lowest BCUT2D eigenvalue weighted by molar-refractivity contribution is 0.282. The Balaban J connectivity index is 2.32. The van der Waals surface area contributed by atoms with Crippen molar-refractivity contribution in [2.45, 2.75) is 13.5 Å². The molecule has 1 heterocycles. The lowest BCUT2D eigenvalue weighted by atomic mass is 10.1. The summed E-state index contributed by atoms with van der Waals surface area (Å²) in [5.41, 5.74) is 14.7. The van der Waals surface area contributed by atoms with Gasteiger partial charge in [0.2, 0.25) is 0 Å². The van der Waals surface area contributed by atoms with E-state index in [1.54, 1.807) is 0 Å². The van der Waals surface area contributed by atoms with Crippen molar-refractivity contribution in [3.63, 3.8) is 0 Å². The minimum absolute atomic E-state index is 0.655. The highest BCUT2D eigenvalue weighted by atomic mass is 15.1. The number of pyridine rings is 1. The summed E-state index contributed by atoms with van der Waals surface area (Å²) < 4.78 is 0. The van der Waals surface area contributed by atoms with Crippen LogP contribution in [0.5, 0.6) is 0 Å². The van der Waals surface area contributed by atoms with Crippen molar-refractivity contribution in [1.29, 1.82) is 0 Å². The van der Waals surface area contributed by atoms with Crippen LogP contribution in [0.3, 0.4) is 0 Å². The highest BCUT2D eigenvalue weighted by Gasteiger charge is 2.08. The van der Waals surface area contributed by atoms with Crippen molar-refractivity contribution in [2.24, 2.45) is 11.5 Å². The summed E-state index contributed by atoms with van der Waals surface area (Å²) >= 11 is 0. The first-order valence-electron chi connectivity index (χ1n) is 6.72. The zero-order chi connectivity index (χ0) is 13.7. The Morgan fingerprint density at radius 1 is 1.11 bits per heavy atom. The summed E-state index contributed by atoms with van der Waals surface area (Å²) in [5.74, 6) is 0. The Labute approximate surface area is 114 Å². The largest absolute Gasteiger partial charge is 0.329 e. The summed E-state index contributed by atoms with van der Waals surface area (Å²) in [6, 6.07) is 10.4. The molecule has 0 spiro atoms. The third kappa shape index (κ3) is 3.50. The van der Waals surface area contributed by atoms with Crippen LogP contribution in [0.25, 0.3) is 10.9 Å². The van der Waals surface area contributed by atoms with Gasteiger partial charge < -0.3 is 11.5 Å². The summed E-state index contributed by atoms with van der Waals surface area (Å²) in [7, 11) is 0. The predicted molar refractivity (Wildman–Crippen MR) is 79.9 cm³/mol. The van der Waals surface area contributed by atoms with Crippen molar-refractivity contribution in [3.05, 3.63) is 41.6 Å². The summed E-state index contributed by atoms with van der Waals surface area (Å²) in [6.07, 6.45) is 0. The van der Waals surface area contributed by atoms with E-state index in [0.717, 1.165) is 30.8 Å². The van der Waals surface area contributed by atoms with Gasteiger partial charge in [-0.3, -0.25) is 9.88 Å². The molecule has 0 aliphatic carbocycles. The van der Waals surface area contributed by atoms with Gasteiger partial charge in [0.05, 0.1) is 5.52 Å². The molecule has 0 saturated carbocycles. The fourth-order valence-electron chi connectivity index (χ4n) is 2.40. The van der Waals surface area contributed by atoms with Gasteiger partial charge in [0.1, 0.15) is 0 Å². The number of hydrogen-bond donors (Lipinski definition) is 2. The van der Waals surface area contributed by atoms with Crippen LogP contribution in [0, 0.1) is 6.92 Å². The summed E-state index contributed by atoms with van der Waals surface area (Å²) in [4.78, 5) is 6.86. The second kappa shape index (κ2) is 6.61. The Kier molecular flexibility index (Phi) is 4.85. The SMILES string of the molecule is Cc1cc(CN(CCN)CCN)c2ccccc2n1. The molecule has 1 aromatic carbocycles. The lowest BCUT2D eigenvalue weighted by Crippen LogP contribution is -2.33. The average molecular weight is 258 g/mol. The number of hydrogen-bond acceptors (Lipinski definition) is 4. The second-order valence-corrected chi connectivity index (χ2v) is 4.79. The van der Waals surface area contributed by atoms with Gasteiger partial charge in [0, 0.05) is 43.8 Å². The zero-order valence-electron chi connectivity index (χ0n) is 11.5. The number of fused-ring (bicyclic) bond motifs is 1. The van der Waals surface area contributed by atoms with E-state index in [9.17, 15) is 0 Å². The smallest absolute Gasteiger partial charge is 0.0708 e. The standard InChI is InChI=1S/C15H22N4/c1-12-10-13(11-19(8-6-16)9-7-17)14-4-2-3-5-15(14)18-12/h2-5,10H,6-9,11,16-17H2,1H3. The number of benzene rings is 1. The Morgan fingerprint density at radius 3 is 2.47 bits per heavy atom. The van der Waals surface area contributed by atoms with E-state index in [2.05, 4.69) is 34.1 Å². The van der Waals surface area contributed by atoms with Gasteiger partial charge in [-0.15, -0.1) is 0 Å². The van der Waals surface area contributed by atoms with Crippen LogP contribution < -0.4 is 11.5 Å². The normalized spacial score (nSPS) is 11.4. The fourth-order valence-corrected chi connectivity index (χ4v) is 2.40. The lowest BCUT2D eigenvalue weighted by Gasteiger charge is -2.21. The maximum atomic E-state index is 5.66. The predicted octanol–water partition coefficient (Wildman–Crippen LogP) is 1.26. The molecule has 0 bridgehead atoms. The number of para-hydroxylation sites is 1. The van der Waals surface area contributed by atoms with Crippen molar-refractivity contribution < 1.29 is 0 Å². The fraction of sp³-hybridized carbons (Fsp3) is 0.400. The number of aromatic nitrogens is 1. The maximum absolute atomic E-state index is 5.66. The van der Waals surface area contributed by atoms with Crippen molar-refractivity contribution in [2.75, 3.05) is 26.2 Å². The molecule has 1 aromatic heterocycles. The van der Waals surface area contributed by atoms with Gasteiger partial charge in [-0.1, -0.05) is 18.2 Å². The van der Waals surface area contributed by atoms with Crippen LogP contribution in [0.15, 0.2) is 30.3 Å². The average Bonchev–Trinajstić information content (AvgIpc) is 2.39. The highest BCUT2D eigenvalue weighted by molar-refractivity contribution is 5.82. The van der Waals surface area contributed by atoms with Gasteiger partial charge in [-0.2, -0.15) is 0 Å². The molecule has 0 saturated heterocycles. The van der Waals surface area contributed by atoms with E-state index in [1.807, 2.05) is 13.0 Å². The molecule has 0 unspecified atom stereocenters. The highest BCUT2D eigenvalue weighted by Crippen LogP contribution is 2.19. The molecule has 4 heteroatoms. The molecule has 2 rings (SSSR count). The number of nitrogens with two attached hydrogens (primary N) is 2. The topological polar surface area (TPSA) is 68.2 Å². The molecule has 102 valence electrons. The maximum Gasteiger partial charge on any atom is 0.0708 e. The van der Waals surface area contributed by atoms with E-state index < -0.39 is 0 Å². The molecule has 0 aliphatic heterocycles. The molecule has 0 fully saturated rings. The van der Waals surface area contributed by atoms with E-state index in [-0.39, 0.29) is 0 Å². The van der Waals surface area contributed by atoms with Crippen LogP contribution in [0.2, 0.25) is 0 Å². The first kappa shape index (κ1) is 13.9. The van der Waals surface area contributed by atoms with Crippen LogP contribution >= 0.6 is 0 Å². The quantitative estimate of drug-likeness (QED) is 0.818. The van der Waals surface area contributed by atoms with Crippen molar-refractivity contribution >= 4 is 10.9 Å². The molecular weight excluding hydrogens is 236 g/mol. The van der Waals surface area contributed by atoms with Gasteiger partial charge in [-0.05, 0) is 24.6 Å². The van der Waals surface area contributed by atoms with E-state index in [1.165, 1.54) is 10.9 Å². The molecule has 0 radical (unpaired) electrons. The number of nitrogens with zero attached hydrogens (tertiary/aromatic N) is 2. The summed E-state index contributed by atoms with van der Waals surface area (Å²) in [5, 5.41) is 1.21. The van der Waals surface area contributed by atoms with Crippen LogP contribution in [0.4, 0.5) is 0 Å². The first-order chi connectivity index (χ1) is 9.24. The van der Waals surface area contributed by atoms with Gasteiger partial charge in [0.15, 0.2) is 0 Å². The molecular formula is C15H22N4. The minimum Gasteiger partial charge on any atom is -0.329 e. The molecule has 19 heavy (non-hydrogen) atoms. The third-order valence-electron chi connectivity index (χ3n) is 3.21. The van der Waals surface area contributed by atoms with Crippen LogP contribution in [-0.2, 0) is 6.54 Å². The van der Waals surface area contributed by atoms with Crippen molar-refractivity contribution in [1.82, 2.24) is 9.88 Å². The molecule has 0 aliphatic rings. The number of rotatable bonds is 6. The number of aryl methyl sites for hydroxylation is 1. The summed E-state index contributed by atoms with van der Waals surface area (Å²) in [6.45, 7) is 5.95. The Morgan fingerprint density at radius 2 is 1.79 bits per heavy atom. The Hall–Kier alpha value is -1.49. The molecule has 0 atom stereocenters. The van der Waals surface area contributed by atoms with Gasteiger partial charge in [0.25, 0.3) is 0 Å². The van der Waals surface area contributed by atoms with E-state index in [0.29, 0.717) is 13.1 Å². The third-order valence-corrected chi connectivity index (χ3v) is 3.21. The Bertz CT molecular complexity index is 533. The van der Waals surface area contributed by atoms with E-state index in [4.69, 9.17) is 11.5 Å². The van der Waals surface area contributed by atoms with Crippen LogP contribution in [-0.4, -0.2) is 36.1 Å². The van der Waals surface area contributed by atoms with Gasteiger partial charge in [-0.25, -0.2) is 0 Å². The van der Waals surface area contributed by atoms with Crippen molar-refractivity contribution in [3.8, 4) is 0 Å². The van der Waals surface area contributed by atoms with Crippen LogP contribution in [0.1, 0.15) is 11.3 Å². The molecule has 0 amide bonds. The first-order valence-corrected chi connectivity index (χ1v) is 6.72. The van der Waals surface area contributed by atoms with E-state index >= 15 is 0 Å². The second-order valence-electron chi connectivity index (χ2n) is 4.79. The molecule has 2 aromatic rings.